The van der Waals surface area contributed by atoms with Gasteiger partial charge in [0.15, 0.2) is 0 Å². The van der Waals surface area contributed by atoms with Crippen LogP contribution in [0.15, 0.2) is 0 Å². The molecular formula is C7H14O4. The summed E-state index contributed by atoms with van der Waals surface area (Å²) in [7, 11) is 0. The zero-order valence-corrected chi connectivity index (χ0v) is 6.78. The molecule has 0 saturated heterocycles. The standard InChI is InChI=1S/C7H14O4/c1-5(2)6(8)3-4-11-7(9)10/h5-6,8H,3-4H2,1-2H3,(H,9,10). The van der Waals surface area contributed by atoms with Crippen molar-refractivity contribution in [3.8, 4) is 0 Å². The lowest BCUT2D eigenvalue weighted by atomic mass is 10.1. The van der Waals surface area contributed by atoms with Crippen molar-refractivity contribution in [3.63, 3.8) is 0 Å². The fourth-order valence-electron chi connectivity index (χ4n) is 0.600. The summed E-state index contributed by atoms with van der Waals surface area (Å²) in [6.45, 7) is 3.80. The van der Waals surface area contributed by atoms with Gasteiger partial charge in [-0.1, -0.05) is 13.8 Å². The molecule has 1 unspecified atom stereocenters. The number of rotatable bonds is 4. The molecule has 0 spiro atoms. The number of hydrogen-bond acceptors (Lipinski definition) is 3. The maximum absolute atomic E-state index is 9.85. The van der Waals surface area contributed by atoms with E-state index in [1.54, 1.807) is 0 Å². The van der Waals surface area contributed by atoms with Crippen LogP contribution in [0.3, 0.4) is 0 Å². The molecule has 0 aliphatic heterocycles. The number of hydrogen-bond donors (Lipinski definition) is 2. The molecule has 0 fully saturated rings. The van der Waals surface area contributed by atoms with Crippen LogP contribution in [0.25, 0.3) is 0 Å². The molecule has 0 amide bonds. The van der Waals surface area contributed by atoms with E-state index < -0.39 is 12.3 Å². The van der Waals surface area contributed by atoms with Crippen LogP contribution < -0.4 is 0 Å². The van der Waals surface area contributed by atoms with Crippen molar-refractivity contribution in [1.29, 1.82) is 0 Å². The maximum atomic E-state index is 9.85. The summed E-state index contributed by atoms with van der Waals surface area (Å²) in [6, 6.07) is 0. The Balaban J connectivity index is 3.31. The summed E-state index contributed by atoms with van der Waals surface area (Å²) >= 11 is 0. The molecule has 0 saturated carbocycles. The van der Waals surface area contributed by atoms with Gasteiger partial charge < -0.3 is 14.9 Å². The highest BCUT2D eigenvalue weighted by Crippen LogP contribution is 2.04. The SMILES string of the molecule is CC(C)C(O)CCOC(=O)O. The minimum atomic E-state index is -1.29. The average Bonchev–Trinajstić information content (AvgIpc) is 1.86. The first kappa shape index (κ1) is 10.2. The molecule has 4 heteroatoms. The van der Waals surface area contributed by atoms with Crippen molar-refractivity contribution in [2.24, 2.45) is 5.92 Å². The van der Waals surface area contributed by atoms with Gasteiger partial charge in [0.25, 0.3) is 0 Å². The highest BCUT2D eigenvalue weighted by Gasteiger charge is 2.09. The van der Waals surface area contributed by atoms with Gasteiger partial charge >= 0.3 is 6.16 Å². The van der Waals surface area contributed by atoms with E-state index in [4.69, 9.17) is 10.2 Å². The second-order valence-electron chi connectivity index (χ2n) is 2.71. The summed E-state index contributed by atoms with van der Waals surface area (Å²) in [4.78, 5) is 9.85. The molecule has 0 aromatic carbocycles. The van der Waals surface area contributed by atoms with Gasteiger partial charge in [-0.05, 0) is 5.92 Å². The van der Waals surface area contributed by atoms with Gasteiger partial charge in [-0.2, -0.15) is 0 Å². The molecule has 0 rings (SSSR count). The number of ether oxygens (including phenoxy) is 1. The van der Waals surface area contributed by atoms with Crippen molar-refractivity contribution >= 4 is 6.16 Å². The molecule has 2 N–H and O–H groups in total. The third-order valence-electron chi connectivity index (χ3n) is 1.41. The Bertz CT molecular complexity index is 122. The average molecular weight is 162 g/mol. The Hall–Kier alpha value is -0.770. The van der Waals surface area contributed by atoms with E-state index in [2.05, 4.69) is 4.74 Å². The molecule has 0 aromatic rings. The Morgan fingerprint density at radius 2 is 2.09 bits per heavy atom. The van der Waals surface area contributed by atoms with Gasteiger partial charge in [0.2, 0.25) is 0 Å². The summed E-state index contributed by atoms with van der Waals surface area (Å²) < 4.78 is 4.22. The monoisotopic (exact) mass is 162 g/mol. The fourth-order valence-corrected chi connectivity index (χ4v) is 0.600. The number of aliphatic hydroxyl groups is 1. The van der Waals surface area contributed by atoms with Crippen LogP contribution in [0.4, 0.5) is 4.79 Å². The van der Waals surface area contributed by atoms with Crippen molar-refractivity contribution in [3.05, 3.63) is 0 Å². The normalized spacial score (nSPS) is 13.1. The highest BCUT2D eigenvalue weighted by atomic mass is 16.7. The molecule has 4 nitrogen and oxygen atoms in total. The Morgan fingerprint density at radius 1 is 1.55 bits per heavy atom. The van der Waals surface area contributed by atoms with Crippen LogP contribution in [0.1, 0.15) is 20.3 Å². The lowest BCUT2D eigenvalue weighted by molar-refractivity contribution is 0.0574. The van der Waals surface area contributed by atoms with Gasteiger partial charge in [-0.25, -0.2) is 4.79 Å². The molecule has 66 valence electrons. The van der Waals surface area contributed by atoms with Crippen molar-refractivity contribution in [2.75, 3.05) is 6.61 Å². The third kappa shape index (κ3) is 5.66. The van der Waals surface area contributed by atoms with E-state index in [9.17, 15) is 4.79 Å². The smallest absolute Gasteiger partial charge is 0.450 e. The third-order valence-corrected chi connectivity index (χ3v) is 1.41. The van der Waals surface area contributed by atoms with Gasteiger partial charge in [-0.3, -0.25) is 0 Å². The quantitative estimate of drug-likeness (QED) is 0.607. The molecular weight excluding hydrogens is 148 g/mol. The summed E-state index contributed by atoms with van der Waals surface area (Å²) in [6.07, 6.45) is -1.40. The van der Waals surface area contributed by atoms with E-state index in [0.29, 0.717) is 6.42 Å². The van der Waals surface area contributed by atoms with E-state index in [1.165, 1.54) is 0 Å². The van der Waals surface area contributed by atoms with Crippen LogP contribution >= 0.6 is 0 Å². The van der Waals surface area contributed by atoms with Crippen LogP contribution in [0.2, 0.25) is 0 Å². The highest BCUT2D eigenvalue weighted by molar-refractivity contribution is 5.56. The predicted molar refractivity (Wildman–Crippen MR) is 39.4 cm³/mol. The maximum Gasteiger partial charge on any atom is 0.505 e. The van der Waals surface area contributed by atoms with Crippen LogP contribution in [0, 0.1) is 5.92 Å². The largest absolute Gasteiger partial charge is 0.505 e. The van der Waals surface area contributed by atoms with Crippen molar-refractivity contribution in [2.45, 2.75) is 26.4 Å². The first-order valence-corrected chi connectivity index (χ1v) is 3.58. The molecule has 0 aliphatic rings. The van der Waals surface area contributed by atoms with E-state index in [0.717, 1.165) is 0 Å². The predicted octanol–water partition coefficient (Wildman–Crippen LogP) is 1.09. The molecule has 11 heavy (non-hydrogen) atoms. The van der Waals surface area contributed by atoms with Gasteiger partial charge in [0, 0.05) is 6.42 Å². The van der Waals surface area contributed by atoms with Crippen molar-refractivity contribution < 1.29 is 19.7 Å². The van der Waals surface area contributed by atoms with Crippen LogP contribution in [-0.4, -0.2) is 29.1 Å². The Morgan fingerprint density at radius 3 is 2.45 bits per heavy atom. The van der Waals surface area contributed by atoms with E-state index in [-0.39, 0.29) is 12.5 Å². The molecule has 1 atom stereocenters. The van der Waals surface area contributed by atoms with Gasteiger partial charge in [-0.15, -0.1) is 0 Å². The molecule has 0 radical (unpaired) electrons. The van der Waals surface area contributed by atoms with Gasteiger partial charge in [0.1, 0.15) is 0 Å². The molecule has 0 heterocycles. The van der Waals surface area contributed by atoms with E-state index >= 15 is 0 Å². The zero-order valence-electron chi connectivity index (χ0n) is 6.78. The second kappa shape index (κ2) is 4.96. The summed E-state index contributed by atoms with van der Waals surface area (Å²) in [5.74, 6) is 0.146. The summed E-state index contributed by atoms with van der Waals surface area (Å²) in [5.41, 5.74) is 0. The lowest BCUT2D eigenvalue weighted by Gasteiger charge is -2.12. The minimum absolute atomic E-state index is 0.0642. The number of aliphatic hydroxyl groups excluding tert-OH is 1. The topological polar surface area (TPSA) is 66.8 Å². The molecule has 0 aliphatic carbocycles. The van der Waals surface area contributed by atoms with Crippen molar-refractivity contribution in [1.82, 2.24) is 0 Å². The minimum Gasteiger partial charge on any atom is -0.450 e. The zero-order chi connectivity index (χ0) is 8.85. The Labute approximate surface area is 65.8 Å². The second-order valence-corrected chi connectivity index (χ2v) is 2.71. The molecule has 0 bridgehead atoms. The fraction of sp³-hybridized carbons (Fsp3) is 0.857. The van der Waals surface area contributed by atoms with E-state index in [1.807, 2.05) is 13.8 Å². The first-order chi connectivity index (χ1) is 5.04. The molecule has 0 aromatic heterocycles. The lowest BCUT2D eigenvalue weighted by Crippen LogP contribution is -2.17. The first-order valence-electron chi connectivity index (χ1n) is 3.58. The van der Waals surface area contributed by atoms with Crippen LogP contribution in [0.5, 0.6) is 0 Å². The number of carbonyl (C=O) groups is 1. The number of carboxylic acid groups (broad SMARTS) is 1. The Kier molecular flexibility index (Phi) is 4.61. The van der Waals surface area contributed by atoms with Crippen LogP contribution in [-0.2, 0) is 4.74 Å². The van der Waals surface area contributed by atoms with Gasteiger partial charge in [0.05, 0.1) is 12.7 Å². The summed E-state index contributed by atoms with van der Waals surface area (Å²) in [5, 5.41) is 17.2.